The zero-order valence-electron chi connectivity index (χ0n) is 10.7. The molecule has 3 nitrogen and oxygen atoms in total. The zero-order chi connectivity index (χ0) is 13.3. The number of hydrogen-bond donors (Lipinski definition) is 0. The summed E-state index contributed by atoms with van der Waals surface area (Å²) in [5, 5.41) is 5.12. The van der Waals surface area contributed by atoms with Crippen molar-refractivity contribution in [3.63, 3.8) is 0 Å². The summed E-state index contributed by atoms with van der Waals surface area (Å²) in [5.74, 6) is 0.139. The number of halogens is 1. The van der Waals surface area contributed by atoms with Gasteiger partial charge >= 0.3 is 0 Å². The number of ketones is 1. The molecule has 0 aliphatic rings. The molecule has 0 N–H and O–H groups in total. The van der Waals surface area contributed by atoms with Gasteiger partial charge in [0.05, 0.1) is 11.4 Å². The summed E-state index contributed by atoms with van der Waals surface area (Å²) in [4.78, 5) is 11.2. The molecule has 94 valence electrons. The molecule has 2 aromatic rings. The van der Waals surface area contributed by atoms with Gasteiger partial charge in [-0.15, -0.1) is 0 Å². The van der Waals surface area contributed by atoms with Crippen LogP contribution in [0.2, 0.25) is 5.02 Å². The fourth-order valence-electron chi connectivity index (χ4n) is 1.89. The van der Waals surface area contributed by atoms with Gasteiger partial charge in [0.15, 0.2) is 0 Å². The van der Waals surface area contributed by atoms with Crippen molar-refractivity contribution in [1.82, 2.24) is 9.78 Å². The van der Waals surface area contributed by atoms with Crippen molar-refractivity contribution >= 4 is 17.4 Å². The van der Waals surface area contributed by atoms with Crippen LogP contribution in [-0.2, 0) is 11.2 Å². The van der Waals surface area contributed by atoms with E-state index in [2.05, 4.69) is 5.10 Å². The number of aryl methyl sites for hydroxylation is 2. The standard InChI is InChI=1S/C14H15ClN2O/c1-9-4-5-13(15)7-14(9)17-8-12(6-10(2)18)11(3)16-17/h4-5,7-8H,6H2,1-3H3. The molecule has 1 aromatic heterocycles. The Bertz CT molecular complexity index is 602. The lowest BCUT2D eigenvalue weighted by Crippen LogP contribution is -1.98. The van der Waals surface area contributed by atoms with E-state index in [9.17, 15) is 4.79 Å². The Labute approximate surface area is 111 Å². The number of rotatable bonds is 3. The van der Waals surface area contributed by atoms with E-state index in [0.717, 1.165) is 22.5 Å². The summed E-state index contributed by atoms with van der Waals surface area (Å²) in [6.45, 7) is 5.50. The molecule has 0 bridgehead atoms. The van der Waals surface area contributed by atoms with Gasteiger partial charge in [-0.2, -0.15) is 5.10 Å². The highest BCUT2D eigenvalue weighted by atomic mass is 35.5. The molecule has 0 fully saturated rings. The van der Waals surface area contributed by atoms with Crippen molar-refractivity contribution in [3.05, 3.63) is 46.2 Å². The maximum atomic E-state index is 11.2. The van der Waals surface area contributed by atoms with Gasteiger partial charge in [0, 0.05) is 23.2 Å². The summed E-state index contributed by atoms with van der Waals surface area (Å²) in [6.07, 6.45) is 2.32. The van der Waals surface area contributed by atoms with E-state index in [1.54, 1.807) is 11.6 Å². The van der Waals surface area contributed by atoms with Gasteiger partial charge in [0.25, 0.3) is 0 Å². The third-order valence-corrected chi connectivity index (χ3v) is 3.09. The van der Waals surface area contributed by atoms with Crippen molar-refractivity contribution in [2.24, 2.45) is 0 Å². The lowest BCUT2D eigenvalue weighted by atomic mass is 10.1. The number of carbonyl (C=O) groups is 1. The Hall–Kier alpha value is -1.61. The Kier molecular flexibility index (Phi) is 3.53. The second-order valence-corrected chi connectivity index (χ2v) is 4.93. The number of Topliss-reactive ketones (excluding diaryl/α,β-unsaturated/α-hetero) is 1. The summed E-state index contributed by atoms with van der Waals surface area (Å²) in [6, 6.07) is 5.69. The highest BCUT2D eigenvalue weighted by molar-refractivity contribution is 6.30. The maximum Gasteiger partial charge on any atom is 0.134 e. The number of aromatic nitrogens is 2. The van der Waals surface area contributed by atoms with Gasteiger partial charge in [-0.05, 0) is 38.5 Å². The monoisotopic (exact) mass is 262 g/mol. The summed E-state index contributed by atoms with van der Waals surface area (Å²) < 4.78 is 1.79. The zero-order valence-corrected chi connectivity index (χ0v) is 11.5. The first kappa shape index (κ1) is 12.8. The van der Waals surface area contributed by atoms with Gasteiger partial charge in [-0.1, -0.05) is 17.7 Å². The maximum absolute atomic E-state index is 11.2. The molecular formula is C14H15ClN2O. The van der Waals surface area contributed by atoms with Gasteiger partial charge in [-0.3, -0.25) is 4.79 Å². The minimum absolute atomic E-state index is 0.139. The van der Waals surface area contributed by atoms with Crippen LogP contribution < -0.4 is 0 Å². The molecular weight excluding hydrogens is 248 g/mol. The lowest BCUT2D eigenvalue weighted by Gasteiger charge is -2.05. The molecule has 0 saturated carbocycles. The molecule has 1 aromatic carbocycles. The first-order valence-corrected chi connectivity index (χ1v) is 6.16. The van der Waals surface area contributed by atoms with Crippen LogP contribution in [0.3, 0.4) is 0 Å². The quantitative estimate of drug-likeness (QED) is 0.851. The van der Waals surface area contributed by atoms with Crippen molar-refractivity contribution in [2.75, 3.05) is 0 Å². The smallest absolute Gasteiger partial charge is 0.134 e. The summed E-state index contributed by atoms with van der Waals surface area (Å²) in [7, 11) is 0. The molecule has 0 aliphatic heterocycles. The van der Waals surface area contributed by atoms with Crippen LogP contribution in [0.4, 0.5) is 0 Å². The predicted octanol–water partition coefficient (Wildman–Crippen LogP) is 3.27. The lowest BCUT2D eigenvalue weighted by molar-refractivity contribution is -0.116. The van der Waals surface area contributed by atoms with Crippen LogP contribution in [0.5, 0.6) is 0 Å². The molecule has 4 heteroatoms. The normalized spacial score (nSPS) is 10.7. The second kappa shape index (κ2) is 4.94. The van der Waals surface area contributed by atoms with Crippen LogP contribution in [0.25, 0.3) is 5.69 Å². The Morgan fingerprint density at radius 1 is 1.39 bits per heavy atom. The number of benzene rings is 1. The van der Waals surface area contributed by atoms with Crippen LogP contribution in [0, 0.1) is 13.8 Å². The van der Waals surface area contributed by atoms with Gasteiger partial charge in [0.1, 0.15) is 5.78 Å². The molecule has 0 amide bonds. The molecule has 0 unspecified atom stereocenters. The number of carbonyl (C=O) groups excluding carboxylic acids is 1. The van der Waals surface area contributed by atoms with Crippen molar-refractivity contribution in [2.45, 2.75) is 27.2 Å². The Morgan fingerprint density at radius 3 is 2.78 bits per heavy atom. The van der Waals surface area contributed by atoms with E-state index in [-0.39, 0.29) is 5.78 Å². The molecule has 1 heterocycles. The van der Waals surface area contributed by atoms with E-state index in [0.29, 0.717) is 11.4 Å². The molecule has 0 saturated heterocycles. The van der Waals surface area contributed by atoms with E-state index in [1.165, 1.54) is 0 Å². The Balaban J connectivity index is 2.45. The molecule has 18 heavy (non-hydrogen) atoms. The van der Waals surface area contributed by atoms with Crippen molar-refractivity contribution < 1.29 is 4.79 Å². The van der Waals surface area contributed by atoms with E-state index >= 15 is 0 Å². The fraction of sp³-hybridized carbons (Fsp3) is 0.286. The van der Waals surface area contributed by atoms with Crippen LogP contribution in [-0.4, -0.2) is 15.6 Å². The average Bonchev–Trinajstić information content (AvgIpc) is 2.63. The SMILES string of the molecule is CC(=O)Cc1cn(-c2cc(Cl)ccc2C)nc1C. The molecule has 0 aliphatic carbocycles. The van der Waals surface area contributed by atoms with Crippen LogP contribution >= 0.6 is 11.6 Å². The molecule has 0 radical (unpaired) electrons. The topological polar surface area (TPSA) is 34.9 Å². The summed E-state index contributed by atoms with van der Waals surface area (Å²) >= 11 is 6.00. The highest BCUT2D eigenvalue weighted by Crippen LogP contribution is 2.20. The third kappa shape index (κ3) is 2.62. The Morgan fingerprint density at radius 2 is 2.11 bits per heavy atom. The third-order valence-electron chi connectivity index (χ3n) is 2.86. The predicted molar refractivity (Wildman–Crippen MR) is 72.4 cm³/mol. The van der Waals surface area contributed by atoms with Crippen molar-refractivity contribution in [3.8, 4) is 5.69 Å². The fourth-order valence-corrected chi connectivity index (χ4v) is 2.06. The van der Waals surface area contributed by atoms with Crippen LogP contribution in [0.15, 0.2) is 24.4 Å². The van der Waals surface area contributed by atoms with E-state index in [4.69, 9.17) is 11.6 Å². The first-order valence-electron chi connectivity index (χ1n) is 5.78. The van der Waals surface area contributed by atoms with Crippen LogP contribution in [0.1, 0.15) is 23.7 Å². The van der Waals surface area contributed by atoms with Gasteiger partial charge in [-0.25, -0.2) is 4.68 Å². The minimum atomic E-state index is 0.139. The number of hydrogen-bond acceptors (Lipinski definition) is 2. The van der Waals surface area contributed by atoms with Gasteiger partial charge < -0.3 is 0 Å². The largest absolute Gasteiger partial charge is 0.300 e. The van der Waals surface area contributed by atoms with Crippen molar-refractivity contribution in [1.29, 1.82) is 0 Å². The highest BCUT2D eigenvalue weighted by Gasteiger charge is 2.10. The summed E-state index contributed by atoms with van der Waals surface area (Å²) in [5.41, 5.74) is 3.88. The minimum Gasteiger partial charge on any atom is -0.300 e. The molecule has 0 spiro atoms. The number of nitrogens with zero attached hydrogens (tertiary/aromatic N) is 2. The van der Waals surface area contributed by atoms with E-state index < -0.39 is 0 Å². The molecule has 0 atom stereocenters. The second-order valence-electron chi connectivity index (χ2n) is 4.49. The average molecular weight is 263 g/mol. The molecule has 2 rings (SSSR count). The first-order chi connectivity index (χ1) is 8.47. The van der Waals surface area contributed by atoms with E-state index in [1.807, 2.05) is 38.2 Å². The van der Waals surface area contributed by atoms with Gasteiger partial charge in [0.2, 0.25) is 0 Å².